The smallest absolute Gasteiger partial charge is 0.322 e. The monoisotopic (exact) mass is 404 g/mol. The van der Waals surface area contributed by atoms with Crippen molar-refractivity contribution >= 4 is 41.0 Å². The molecule has 0 spiro atoms. The fraction of sp³-hybridized carbons (Fsp3) is 0.316. The van der Waals surface area contributed by atoms with Crippen LogP contribution in [-0.2, 0) is 11.3 Å². The Morgan fingerprint density at radius 3 is 2.85 bits per heavy atom. The van der Waals surface area contributed by atoms with Gasteiger partial charge in [0.2, 0.25) is 5.91 Å². The number of anilines is 1. The number of carbonyl (C=O) groups is 2. The van der Waals surface area contributed by atoms with Crippen LogP contribution in [0.1, 0.15) is 16.8 Å². The SMILES string of the molecule is Cc1cc(C)c2c(n1)SCCN2C(=O)NCC(=O)NCc1cccc(Cl)c1. The maximum Gasteiger partial charge on any atom is 0.322 e. The first-order valence-corrected chi connectivity index (χ1v) is 9.98. The molecule has 0 saturated carbocycles. The number of aromatic nitrogens is 1. The van der Waals surface area contributed by atoms with Gasteiger partial charge < -0.3 is 10.6 Å². The summed E-state index contributed by atoms with van der Waals surface area (Å²) in [5.41, 5.74) is 3.67. The number of rotatable bonds is 4. The van der Waals surface area contributed by atoms with Gasteiger partial charge in [-0.15, -0.1) is 11.8 Å². The molecule has 1 aliphatic heterocycles. The van der Waals surface area contributed by atoms with Gasteiger partial charge in [-0.3, -0.25) is 9.69 Å². The average molecular weight is 405 g/mol. The fourth-order valence-electron chi connectivity index (χ4n) is 2.93. The summed E-state index contributed by atoms with van der Waals surface area (Å²) in [6, 6.07) is 8.95. The molecule has 0 radical (unpaired) electrons. The number of urea groups is 1. The summed E-state index contributed by atoms with van der Waals surface area (Å²) in [4.78, 5) is 30.8. The number of pyridine rings is 1. The minimum atomic E-state index is -0.289. The molecule has 0 atom stereocenters. The lowest BCUT2D eigenvalue weighted by molar-refractivity contribution is -0.120. The van der Waals surface area contributed by atoms with Crippen molar-refractivity contribution in [1.82, 2.24) is 15.6 Å². The van der Waals surface area contributed by atoms with Crippen molar-refractivity contribution in [3.8, 4) is 0 Å². The Morgan fingerprint density at radius 1 is 1.26 bits per heavy atom. The molecule has 2 aromatic rings. The van der Waals surface area contributed by atoms with Crippen LogP contribution in [0.3, 0.4) is 0 Å². The first-order chi connectivity index (χ1) is 12.9. The molecule has 1 aromatic carbocycles. The van der Waals surface area contributed by atoms with Crippen LogP contribution in [0.15, 0.2) is 35.4 Å². The first-order valence-electron chi connectivity index (χ1n) is 8.61. The van der Waals surface area contributed by atoms with E-state index >= 15 is 0 Å². The van der Waals surface area contributed by atoms with E-state index in [4.69, 9.17) is 11.6 Å². The molecule has 1 aromatic heterocycles. The fourth-order valence-corrected chi connectivity index (χ4v) is 4.23. The standard InChI is InChI=1S/C19H21ClN4O2S/c1-12-8-13(2)23-18-17(12)24(6-7-27-18)19(26)22-11-16(25)21-10-14-4-3-5-15(20)9-14/h3-5,8-9H,6-7,10-11H2,1-2H3,(H,21,25)(H,22,26). The zero-order valence-corrected chi connectivity index (χ0v) is 16.8. The van der Waals surface area contributed by atoms with Crippen molar-refractivity contribution < 1.29 is 9.59 Å². The molecule has 1 aliphatic rings. The predicted molar refractivity (Wildman–Crippen MR) is 108 cm³/mol. The number of amides is 3. The Bertz CT molecular complexity index is 875. The number of aryl methyl sites for hydroxylation is 2. The van der Waals surface area contributed by atoms with Crippen LogP contribution < -0.4 is 15.5 Å². The van der Waals surface area contributed by atoms with E-state index in [0.29, 0.717) is 18.1 Å². The van der Waals surface area contributed by atoms with Gasteiger partial charge in [0.25, 0.3) is 0 Å². The summed E-state index contributed by atoms with van der Waals surface area (Å²) in [5, 5.41) is 6.95. The summed E-state index contributed by atoms with van der Waals surface area (Å²) in [5.74, 6) is 0.519. The minimum Gasteiger partial charge on any atom is -0.350 e. The largest absolute Gasteiger partial charge is 0.350 e. The molecule has 0 unspecified atom stereocenters. The Labute approximate surface area is 167 Å². The normalized spacial score (nSPS) is 13.1. The van der Waals surface area contributed by atoms with Crippen LogP contribution in [0.5, 0.6) is 0 Å². The summed E-state index contributed by atoms with van der Waals surface area (Å²) in [6.45, 7) is 4.77. The highest BCUT2D eigenvalue weighted by molar-refractivity contribution is 7.99. The average Bonchev–Trinajstić information content (AvgIpc) is 2.63. The molecule has 2 N–H and O–H groups in total. The van der Waals surface area contributed by atoms with Gasteiger partial charge in [-0.25, -0.2) is 9.78 Å². The van der Waals surface area contributed by atoms with Gasteiger partial charge in [0.1, 0.15) is 5.03 Å². The molecule has 142 valence electrons. The minimum absolute atomic E-state index is 0.0866. The molecule has 0 saturated heterocycles. The molecule has 6 nitrogen and oxygen atoms in total. The first kappa shape index (κ1) is 19.5. The van der Waals surface area contributed by atoms with Crippen LogP contribution in [0.4, 0.5) is 10.5 Å². The van der Waals surface area contributed by atoms with Crippen molar-refractivity contribution in [3.05, 3.63) is 52.2 Å². The zero-order chi connectivity index (χ0) is 19.4. The van der Waals surface area contributed by atoms with Gasteiger partial charge in [0.15, 0.2) is 0 Å². The number of benzene rings is 1. The van der Waals surface area contributed by atoms with Gasteiger partial charge in [-0.1, -0.05) is 23.7 Å². The number of carbonyl (C=O) groups excluding carboxylic acids is 2. The quantitative estimate of drug-likeness (QED) is 0.820. The van der Waals surface area contributed by atoms with Gasteiger partial charge in [-0.2, -0.15) is 0 Å². The third kappa shape index (κ3) is 4.93. The lowest BCUT2D eigenvalue weighted by Crippen LogP contribution is -2.46. The molecule has 2 heterocycles. The number of hydrogen-bond donors (Lipinski definition) is 2. The number of hydrogen-bond acceptors (Lipinski definition) is 4. The van der Waals surface area contributed by atoms with Gasteiger partial charge in [0, 0.05) is 29.6 Å². The molecular weight excluding hydrogens is 384 g/mol. The van der Waals surface area contributed by atoms with Gasteiger partial charge >= 0.3 is 6.03 Å². The summed E-state index contributed by atoms with van der Waals surface area (Å²) in [6.07, 6.45) is 0. The Hall–Kier alpha value is -2.25. The van der Waals surface area contributed by atoms with E-state index in [0.717, 1.165) is 33.3 Å². The van der Waals surface area contributed by atoms with Crippen molar-refractivity contribution in [2.45, 2.75) is 25.4 Å². The number of thioether (sulfide) groups is 1. The van der Waals surface area contributed by atoms with E-state index in [2.05, 4.69) is 15.6 Å². The molecular formula is C19H21ClN4O2S. The van der Waals surface area contributed by atoms with E-state index in [1.165, 1.54) is 0 Å². The molecule has 3 rings (SSSR count). The predicted octanol–water partition coefficient (Wildman–Crippen LogP) is 3.29. The molecule has 8 heteroatoms. The highest BCUT2D eigenvalue weighted by Crippen LogP contribution is 2.36. The topological polar surface area (TPSA) is 74.3 Å². The van der Waals surface area contributed by atoms with E-state index in [1.54, 1.807) is 28.8 Å². The maximum absolute atomic E-state index is 12.6. The van der Waals surface area contributed by atoms with Crippen LogP contribution >= 0.6 is 23.4 Å². The van der Waals surface area contributed by atoms with Crippen molar-refractivity contribution in [3.63, 3.8) is 0 Å². The van der Waals surface area contributed by atoms with Crippen LogP contribution in [-0.4, -0.2) is 35.8 Å². The molecule has 27 heavy (non-hydrogen) atoms. The van der Waals surface area contributed by atoms with Crippen molar-refractivity contribution in [2.24, 2.45) is 0 Å². The Morgan fingerprint density at radius 2 is 2.07 bits per heavy atom. The second-order valence-electron chi connectivity index (χ2n) is 6.30. The Balaban J connectivity index is 1.56. The lowest BCUT2D eigenvalue weighted by atomic mass is 10.2. The highest BCUT2D eigenvalue weighted by Gasteiger charge is 2.26. The van der Waals surface area contributed by atoms with Crippen LogP contribution in [0, 0.1) is 13.8 Å². The Kier molecular flexibility index (Phi) is 6.23. The zero-order valence-electron chi connectivity index (χ0n) is 15.2. The van der Waals surface area contributed by atoms with Gasteiger partial charge in [0.05, 0.1) is 12.2 Å². The van der Waals surface area contributed by atoms with Crippen LogP contribution in [0.25, 0.3) is 0 Å². The van der Waals surface area contributed by atoms with E-state index in [9.17, 15) is 9.59 Å². The number of fused-ring (bicyclic) bond motifs is 1. The number of nitrogens with zero attached hydrogens (tertiary/aromatic N) is 2. The maximum atomic E-state index is 12.6. The lowest BCUT2D eigenvalue weighted by Gasteiger charge is -2.30. The van der Waals surface area contributed by atoms with Crippen molar-refractivity contribution in [1.29, 1.82) is 0 Å². The summed E-state index contributed by atoms with van der Waals surface area (Å²) >= 11 is 7.58. The molecule has 0 aliphatic carbocycles. The van der Waals surface area contributed by atoms with Gasteiger partial charge in [-0.05, 0) is 43.2 Å². The second kappa shape index (κ2) is 8.63. The van der Waals surface area contributed by atoms with Crippen molar-refractivity contribution in [2.75, 3.05) is 23.7 Å². The highest BCUT2D eigenvalue weighted by atomic mass is 35.5. The summed E-state index contributed by atoms with van der Waals surface area (Å²) < 4.78 is 0. The number of halogens is 1. The third-order valence-electron chi connectivity index (χ3n) is 4.13. The van der Waals surface area contributed by atoms with E-state index in [1.807, 2.05) is 32.0 Å². The number of nitrogens with one attached hydrogen (secondary N) is 2. The molecule has 0 fully saturated rings. The van der Waals surface area contributed by atoms with E-state index in [-0.39, 0.29) is 18.5 Å². The van der Waals surface area contributed by atoms with E-state index < -0.39 is 0 Å². The third-order valence-corrected chi connectivity index (χ3v) is 5.31. The molecule has 0 bridgehead atoms. The summed E-state index contributed by atoms with van der Waals surface area (Å²) in [7, 11) is 0. The molecule has 3 amide bonds. The van der Waals surface area contributed by atoms with Crippen LogP contribution in [0.2, 0.25) is 5.02 Å². The second-order valence-corrected chi connectivity index (χ2v) is 7.82.